The predicted molar refractivity (Wildman–Crippen MR) is 59.7 cm³/mol. The van der Waals surface area contributed by atoms with E-state index in [0.717, 1.165) is 0 Å². The zero-order chi connectivity index (χ0) is 12.2. The summed E-state index contributed by atoms with van der Waals surface area (Å²) in [4.78, 5) is 28.3. The van der Waals surface area contributed by atoms with Crippen LogP contribution in [0.2, 0.25) is 0 Å². The molecule has 4 heteroatoms. The number of carbonyl (C=O) groups is 2. The molecular formula is C13H11NO3. The van der Waals surface area contributed by atoms with Crippen LogP contribution in [0.25, 0.3) is 0 Å². The molecule has 0 saturated heterocycles. The van der Waals surface area contributed by atoms with Crippen molar-refractivity contribution < 1.29 is 14.3 Å². The maximum absolute atomic E-state index is 12.2. The Labute approximate surface area is 98.3 Å². The van der Waals surface area contributed by atoms with Crippen molar-refractivity contribution in [2.75, 3.05) is 0 Å². The summed E-state index contributed by atoms with van der Waals surface area (Å²) in [5.74, 6) is -0.222. The number of hydrogen-bond acceptors (Lipinski definition) is 4. The Morgan fingerprint density at radius 2 is 2.06 bits per heavy atom. The fourth-order valence-electron chi connectivity index (χ4n) is 2.29. The number of pyridine rings is 1. The maximum atomic E-state index is 12.2. The Hall–Kier alpha value is -1.97. The van der Waals surface area contributed by atoms with Crippen molar-refractivity contribution in [3.05, 3.63) is 40.9 Å². The summed E-state index contributed by atoms with van der Waals surface area (Å²) < 4.78 is 5.56. The second-order valence-electron chi connectivity index (χ2n) is 4.90. The molecule has 2 heterocycles. The van der Waals surface area contributed by atoms with Gasteiger partial charge in [-0.1, -0.05) is 0 Å². The molecule has 86 valence electrons. The van der Waals surface area contributed by atoms with Gasteiger partial charge in [-0.05, 0) is 26.0 Å². The Bertz CT molecular complexity index is 535. The van der Waals surface area contributed by atoms with Gasteiger partial charge in [-0.15, -0.1) is 0 Å². The zero-order valence-electron chi connectivity index (χ0n) is 9.61. The lowest BCUT2D eigenvalue weighted by atomic mass is 9.88. The summed E-state index contributed by atoms with van der Waals surface area (Å²) in [7, 11) is 0. The predicted octanol–water partition coefficient (Wildman–Crippen LogP) is 1.91. The van der Waals surface area contributed by atoms with Gasteiger partial charge in [0, 0.05) is 12.6 Å². The molecule has 0 unspecified atom stereocenters. The largest absolute Gasteiger partial charge is 0.483 e. The fourth-order valence-corrected chi connectivity index (χ4v) is 2.29. The van der Waals surface area contributed by atoms with E-state index in [-0.39, 0.29) is 23.0 Å². The quantitative estimate of drug-likeness (QED) is 0.682. The summed E-state index contributed by atoms with van der Waals surface area (Å²) in [6, 6.07) is 3.30. The topological polar surface area (TPSA) is 56.3 Å². The molecule has 2 aliphatic rings. The minimum Gasteiger partial charge on any atom is -0.483 e. The lowest BCUT2D eigenvalue weighted by molar-refractivity contribution is 0.0507. The second-order valence-corrected chi connectivity index (χ2v) is 4.90. The van der Waals surface area contributed by atoms with E-state index in [1.165, 1.54) is 6.20 Å². The molecule has 0 radical (unpaired) electrons. The molecule has 3 rings (SSSR count). The normalized spacial score (nSPS) is 21.1. The van der Waals surface area contributed by atoms with Crippen molar-refractivity contribution >= 4 is 11.6 Å². The van der Waals surface area contributed by atoms with E-state index in [0.29, 0.717) is 17.6 Å². The Kier molecular flexibility index (Phi) is 1.82. The molecule has 1 aliphatic heterocycles. The highest BCUT2D eigenvalue weighted by atomic mass is 16.5. The van der Waals surface area contributed by atoms with Gasteiger partial charge in [-0.3, -0.25) is 14.6 Å². The number of rotatable bonds is 0. The summed E-state index contributed by atoms with van der Waals surface area (Å²) in [6.07, 6.45) is 1.98. The third kappa shape index (κ3) is 1.33. The third-order valence-electron chi connectivity index (χ3n) is 3.00. The van der Waals surface area contributed by atoms with Crippen LogP contribution < -0.4 is 0 Å². The van der Waals surface area contributed by atoms with Crippen molar-refractivity contribution in [1.82, 2.24) is 4.98 Å². The van der Waals surface area contributed by atoms with Crippen LogP contribution in [-0.2, 0) is 4.74 Å². The second kappa shape index (κ2) is 3.03. The number of nitrogens with zero attached hydrogens (tertiary/aromatic N) is 1. The van der Waals surface area contributed by atoms with Crippen molar-refractivity contribution in [3.63, 3.8) is 0 Å². The SMILES string of the molecule is CC1(C)CC2=C(O1)C(=O)c1ncccc1C2=O. The molecule has 0 aromatic carbocycles. The molecular weight excluding hydrogens is 218 g/mol. The van der Waals surface area contributed by atoms with Gasteiger partial charge in [0.15, 0.2) is 11.5 Å². The van der Waals surface area contributed by atoms with Crippen LogP contribution in [0.1, 0.15) is 41.1 Å². The van der Waals surface area contributed by atoms with Crippen molar-refractivity contribution in [2.24, 2.45) is 0 Å². The molecule has 1 aliphatic carbocycles. The number of Topliss-reactive ketones (excluding diaryl/α,β-unsaturated/α-hetero) is 2. The highest BCUT2D eigenvalue weighted by Gasteiger charge is 2.44. The van der Waals surface area contributed by atoms with Gasteiger partial charge in [0.2, 0.25) is 5.78 Å². The van der Waals surface area contributed by atoms with Crippen LogP contribution in [0.5, 0.6) is 0 Å². The Morgan fingerprint density at radius 3 is 2.82 bits per heavy atom. The first kappa shape index (κ1) is 10.2. The van der Waals surface area contributed by atoms with Gasteiger partial charge in [0.25, 0.3) is 0 Å². The molecule has 0 spiro atoms. The molecule has 0 N–H and O–H groups in total. The van der Waals surface area contributed by atoms with Crippen molar-refractivity contribution in [2.45, 2.75) is 25.9 Å². The standard InChI is InChI=1S/C13H11NO3/c1-13(2)6-8-10(15)7-4-3-5-14-9(7)11(16)12(8)17-13/h3-5H,6H2,1-2H3. The summed E-state index contributed by atoms with van der Waals surface area (Å²) in [6.45, 7) is 3.73. The number of ether oxygens (including phenoxy) is 1. The summed E-state index contributed by atoms with van der Waals surface area (Å²) in [5.41, 5.74) is 0.588. The van der Waals surface area contributed by atoms with E-state index < -0.39 is 5.60 Å². The minimum atomic E-state index is -0.488. The van der Waals surface area contributed by atoms with Gasteiger partial charge >= 0.3 is 0 Å². The molecule has 1 aromatic rings. The van der Waals surface area contributed by atoms with Crippen LogP contribution >= 0.6 is 0 Å². The zero-order valence-corrected chi connectivity index (χ0v) is 9.61. The Morgan fingerprint density at radius 1 is 1.29 bits per heavy atom. The summed E-state index contributed by atoms with van der Waals surface area (Å²) in [5, 5.41) is 0. The number of carbonyl (C=O) groups excluding carboxylic acids is 2. The van der Waals surface area contributed by atoms with E-state index in [4.69, 9.17) is 4.74 Å². The first-order chi connectivity index (χ1) is 7.99. The van der Waals surface area contributed by atoms with Crippen LogP contribution in [0, 0.1) is 0 Å². The highest BCUT2D eigenvalue weighted by molar-refractivity contribution is 6.25. The molecule has 0 bridgehead atoms. The molecule has 0 saturated carbocycles. The van der Waals surface area contributed by atoms with Gasteiger partial charge in [0.05, 0.1) is 11.1 Å². The van der Waals surface area contributed by atoms with E-state index in [2.05, 4.69) is 4.98 Å². The lowest BCUT2D eigenvalue weighted by Gasteiger charge is -2.18. The average molecular weight is 229 g/mol. The average Bonchev–Trinajstić information content (AvgIpc) is 2.63. The molecule has 0 amide bonds. The number of hydrogen-bond donors (Lipinski definition) is 0. The highest BCUT2D eigenvalue weighted by Crippen LogP contribution is 2.39. The van der Waals surface area contributed by atoms with E-state index in [1.807, 2.05) is 13.8 Å². The van der Waals surface area contributed by atoms with Crippen LogP contribution in [-0.4, -0.2) is 22.2 Å². The first-order valence-electron chi connectivity index (χ1n) is 5.46. The number of fused-ring (bicyclic) bond motifs is 1. The fraction of sp³-hybridized carbons (Fsp3) is 0.308. The smallest absolute Gasteiger partial charge is 0.247 e. The minimum absolute atomic E-state index is 0.131. The maximum Gasteiger partial charge on any atom is 0.247 e. The van der Waals surface area contributed by atoms with Crippen LogP contribution in [0.15, 0.2) is 29.7 Å². The number of aromatic nitrogens is 1. The molecule has 1 aromatic heterocycles. The summed E-state index contributed by atoms with van der Waals surface area (Å²) >= 11 is 0. The molecule has 4 nitrogen and oxygen atoms in total. The number of allylic oxidation sites excluding steroid dienone is 1. The van der Waals surface area contributed by atoms with E-state index in [9.17, 15) is 9.59 Å². The van der Waals surface area contributed by atoms with Crippen molar-refractivity contribution in [3.8, 4) is 0 Å². The third-order valence-corrected chi connectivity index (χ3v) is 3.00. The van der Waals surface area contributed by atoms with Crippen LogP contribution in [0.4, 0.5) is 0 Å². The monoisotopic (exact) mass is 229 g/mol. The molecule has 0 fully saturated rings. The van der Waals surface area contributed by atoms with Gasteiger partial charge in [-0.2, -0.15) is 0 Å². The van der Waals surface area contributed by atoms with Crippen molar-refractivity contribution in [1.29, 1.82) is 0 Å². The molecule has 17 heavy (non-hydrogen) atoms. The van der Waals surface area contributed by atoms with E-state index in [1.54, 1.807) is 12.1 Å². The Balaban J connectivity index is 2.18. The van der Waals surface area contributed by atoms with Crippen LogP contribution in [0.3, 0.4) is 0 Å². The molecule has 0 atom stereocenters. The number of ketones is 2. The van der Waals surface area contributed by atoms with Gasteiger partial charge in [-0.25, -0.2) is 0 Å². The van der Waals surface area contributed by atoms with Gasteiger partial charge in [0.1, 0.15) is 11.3 Å². The van der Waals surface area contributed by atoms with Gasteiger partial charge < -0.3 is 4.74 Å². The lowest BCUT2D eigenvalue weighted by Crippen LogP contribution is -2.21. The first-order valence-corrected chi connectivity index (χ1v) is 5.46. The van der Waals surface area contributed by atoms with E-state index >= 15 is 0 Å².